The van der Waals surface area contributed by atoms with Gasteiger partial charge in [0.1, 0.15) is 18.7 Å². The molecule has 0 atom stereocenters. The van der Waals surface area contributed by atoms with Crippen LogP contribution in [0.25, 0.3) is 0 Å². The zero-order chi connectivity index (χ0) is 13.4. The highest BCUT2D eigenvalue weighted by molar-refractivity contribution is 6.16. The van der Waals surface area contributed by atoms with Gasteiger partial charge in [0.05, 0.1) is 26.0 Å². The zero-order valence-electron chi connectivity index (χ0n) is 10.9. The summed E-state index contributed by atoms with van der Waals surface area (Å²) < 4.78 is 10.1. The Balaban J connectivity index is 2.61. The Morgan fingerprint density at radius 1 is 1.33 bits per heavy atom. The summed E-state index contributed by atoms with van der Waals surface area (Å²) in [5.74, 6) is -0.846. The number of morpholine rings is 1. The number of quaternary nitrogens is 1. The van der Waals surface area contributed by atoms with E-state index in [9.17, 15) is 9.59 Å². The molecule has 0 bridgehead atoms. The average molecular weight is 254 g/mol. The van der Waals surface area contributed by atoms with Crippen molar-refractivity contribution in [2.75, 3.05) is 32.9 Å². The second-order valence-electron chi connectivity index (χ2n) is 3.99. The van der Waals surface area contributed by atoms with Crippen molar-refractivity contribution in [3.8, 4) is 0 Å². The standard InChI is InChI=1S/C13H19NO4/c1-3-18-13(16)12(11(2)15)5-4-6-14-7-9-17-10-8-14/h4-6H,3,7-10H2,1-2H3/p+1/b6-4+,12-5-. The number of esters is 1. The third kappa shape index (κ3) is 4.81. The Kier molecular flexibility index (Phi) is 6.32. The lowest BCUT2D eigenvalue weighted by atomic mass is 10.2. The summed E-state index contributed by atoms with van der Waals surface area (Å²) in [6, 6.07) is 0. The largest absolute Gasteiger partial charge is 0.462 e. The minimum atomic E-state index is -0.563. The first-order valence-electron chi connectivity index (χ1n) is 6.14. The molecule has 18 heavy (non-hydrogen) atoms. The van der Waals surface area contributed by atoms with Crippen LogP contribution in [-0.4, -0.2) is 44.7 Å². The molecule has 1 aliphatic rings. The first-order valence-corrected chi connectivity index (χ1v) is 6.14. The van der Waals surface area contributed by atoms with Gasteiger partial charge in [-0.3, -0.25) is 4.79 Å². The Morgan fingerprint density at radius 3 is 2.56 bits per heavy atom. The van der Waals surface area contributed by atoms with E-state index in [-0.39, 0.29) is 18.0 Å². The van der Waals surface area contributed by atoms with Gasteiger partial charge in [-0.05, 0) is 26.0 Å². The summed E-state index contributed by atoms with van der Waals surface area (Å²) in [6.07, 6.45) is 5.18. The van der Waals surface area contributed by atoms with E-state index >= 15 is 0 Å². The van der Waals surface area contributed by atoms with Gasteiger partial charge in [0, 0.05) is 0 Å². The van der Waals surface area contributed by atoms with E-state index in [1.165, 1.54) is 17.9 Å². The molecule has 1 rings (SSSR count). The molecule has 0 radical (unpaired) electrons. The summed E-state index contributed by atoms with van der Waals surface area (Å²) in [6.45, 7) is 6.61. The van der Waals surface area contributed by atoms with E-state index in [0.29, 0.717) is 0 Å². The fourth-order valence-corrected chi connectivity index (χ4v) is 1.62. The molecule has 5 nitrogen and oxygen atoms in total. The van der Waals surface area contributed by atoms with Crippen molar-refractivity contribution in [1.82, 2.24) is 0 Å². The number of hydrogen-bond donors (Lipinski definition) is 1. The number of carbonyl (C=O) groups excluding carboxylic acids is 2. The highest BCUT2D eigenvalue weighted by Gasteiger charge is 2.15. The van der Waals surface area contributed by atoms with E-state index in [1.54, 1.807) is 13.0 Å². The normalized spacial score (nSPS) is 18.0. The topological polar surface area (TPSA) is 57.0 Å². The highest BCUT2D eigenvalue weighted by atomic mass is 16.5. The molecule has 0 saturated carbocycles. The Labute approximate surface area is 107 Å². The number of ether oxygens (including phenoxy) is 2. The lowest BCUT2D eigenvalue weighted by Crippen LogP contribution is -3.09. The third-order valence-corrected chi connectivity index (χ3v) is 2.60. The summed E-state index contributed by atoms with van der Waals surface area (Å²) in [7, 11) is 0. The predicted octanol–water partition coefficient (Wildman–Crippen LogP) is -0.506. The molecule has 0 spiro atoms. The molecular formula is C13H20NO4+. The minimum absolute atomic E-state index is 0.0840. The van der Waals surface area contributed by atoms with Gasteiger partial charge in [0.15, 0.2) is 5.78 Å². The van der Waals surface area contributed by atoms with Crippen molar-refractivity contribution in [1.29, 1.82) is 0 Å². The second-order valence-corrected chi connectivity index (χ2v) is 3.99. The molecule has 100 valence electrons. The summed E-state index contributed by atoms with van der Waals surface area (Å²) in [5, 5.41) is 0. The highest BCUT2D eigenvalue weighted by Crippen LogP contribution is 2.00. The molecule has 1 heterocycles. The van der Waals surface area contributed by atoms with Crippen LogP contribution in [0.15, 0.2) is 23.9 Å². The monoisotopic (exact) mass is 254 g/mol. The van der Waals surface area contributed by atoms with Crippen LogP contribution in [0.4, 0.5) is 0 Å². The quantitative estimate of drug-likeness (QED) is 0.236. The molecule has 1 saturated heterocycles. The third-order valence-electron chi connectivity index (χ3n) is 2.60. The first kappa shape index (κ1) is 14.6. The molecule has 1 N–H and O–H groups in total. The lowest BCUT2D eigenvalue weighted by molar-refractivity contribution is -0.856. The van der Waals surface area contributed by atoms with Crippen molar-refractivity contribution >= 4 is 11.8 Å². The van der Waals surface area contributed by atoms with Crippen LogP contribution in [0, 0.1) is 0 Å². The van der Waals surface area contributed by atoms with Gasteiger partial charge in [-0.25, -0.2) is 4.79 Å². The number of ketones is 1. The van der Waals surface area contributed by atoms with Crippen molar-refractivity contribution in [3.05, 3.63) is 23.9 Å². The SMILES string of the molecule is CCOC(=O)/C(=C\C=C\[NH+]1CCOCC1)C(C)=O. The van der Waals surface area contributed by atoms with E-state index in [2.05, 4.69) is 0 Å². The summed E-state index contributed by atoms with van der Waals surface area (Å²) in [4.78, 5) is 24.1. The van der Waals surface area contributed by atoms with Crippen LogP contribution in [0.1, 0.15) is 13.8 Å². The first-order chi connectivity index (χ1) is 8.65. The van der Waals surface area contributed by atoms with Gasteiger partial charge in [0.25, 0.3) is 0 Å². The molecule has 5 heteroatoms. The smallest absolute Gasteiger partial charge is 0.341 e. The Morgan fingerprint density at radius 2 is 2.00 bits per heavy atom. The van der Waals surface area contributed by atoms with Gasteiger partial charge in [-0.2, -0.15) is 0 Å². The average Bonchev–Trinajstić information content (AvgIpc) is 2.35. The van der Waals surface area contributed by atoms with Crippen LogP contribution in [0.3, 0.4) is 0 Å². The number of carbonyl (C=O) groups is 2. The van der Waals surface area contributed by atoms with Gasteiger partial charge in [-0.15, -0.1) is 0 Å². The van der Waals surface area contributed by atoms with Crippen LogP contribution in [0.2, 0.25) is 0 Å². The lowest BCUT2D eigenvalue weighted by Gasteiger charge is -2.19. The van der Waals surface area contributed by atoms with E-state index < -0.39 is 5.97 Å². The minimum Gasteiger partial charge on any atom is -0.462 e. The van der Waals surface area contributed by atoms with Crippen LogP contribution in [0.5, 0.6) is 0 Å². The maximum Gasteiger partial charge on any atom is 0.341 e. The summed E-state index contributed by atoms with van der Waals surface area (Å²) >= 11 is 0. The summed E-state index contributed by atoms with van der Waals surface area (Å²) in [5.41, 5.74) is 0.0840. The van der Waals surface area contributed by atoms with Gasteiger partial charge < -0.3 is 14.4 Å². The number of nitrogens with one attached hydrogen (secondary N) is 1. The molecule has 0 aliphatic carbocycles. The second kappa shape index (κ2) is 7.79. The molecular weight excluding hydrogens is 234 g/mol. The molecule has 0 amide bonds. The molecule has 0 aromatic carbocycles. The van der Waals surface area contributed by atoms with E-state index in [4.69, 9.17) is 9.47 Å². The Bertz CT molecular complexity index is 354. The molecule has 0 aromatic heterocycles. The van der Waals surface area contributed by atoms with Crippen molar-refractivity contribution in [3.63, 3.8) is 0 Å². The van der Waals surface area contributed by atoms with Crippen molar-refractivity contribution in [2.45, 2.75) is 13.8 Å². The molecule has 0 unspecified atom stereocenters. The Hall–Kier alpha value is -1.46. The van der Waals surface area contributed by atoms with Crippen LogP contribution in [-0.2, 0) is 19.1 Å². The van der Waals surface area contributed by atoms with Gasteiger partial charge in [0.2, 0.25) is 0 Å². The van der Waals surface area contributed by atoms with Crippen molar-refractivity contribution < 1.29 is 24.0 Å². The van der Waals surface area contributed by atoms with Crippen LogP contribution >= 0.6 is 0 Å². The fraction of sp³-hybridized carbons (Fsp3) is 0.538. The number of hydrogen-bond acceptors (Lipinski definition) is 4. The fourth-order valence-electron chi connectivity index (χ4n) is 1.62. The van der Waals surface area contributed by atoms with Crippen molar-refractivity contribution in [2.24, 2.45) is 0 Å². The van der Waals surface area contributed by atoms with Gasteiger partial charge in [-0.1, -0.05) is 0 Å². The zero-order valence-corrected chi connectivity index (χ0v) is 10.9. The number of rotatable bonds is 5. The molecule has 1 fully saturated rings. The predicted molar refractivity (Wildman–Crippen MR) is 66.1 cm³/mol. The maximum absolute atomic E-state index is 11.5. The van der Waals surface area contributed by atoms with E-state index in [0.717, 1.165) is 26.3 Å². The maximum atomic E-state index is 11.5. The molecule has 1 aliphatic heterocycles. The number of Topliss-reactive ketones (excluding diaryl/α,β-unsaturated/α-hetero) is 1. The van der Waals surface area contributed by atoms with Crippen LogP contribution < -0.4 is 4.90 Å². The van der Waals surface area contributed by atoms with Gasteiger partial charge >= 0.3 is 5.97 Å². The number of allylic oxidation sites excluding steroid dienone is 2. The molecule has 0 aromatic rings. The van der Waals surface area contributed by atoms with E-state index in [1.807, 2.05) is 6.20 Å².